The van der Waals surface area contributed by atoms with Crippen LogP contribution in [0.5, 0.6) is 0 Å². The summed E-state index contributed by atoms with van der Waals surface area (Å²) >= 11 is 0. The minimum absolute atomic E-state index is 0.0252. The summed E-state index contributed by atoms with van der Waals surface area (Å²) in [5, 5.41) is 10.9. The van der Waals surface area contributed by atoms with E-state index in [1.165, 1.54) is 0 Å². The second kappa shape index (κ2) is 39.6. The van der Waals surface area contributed by atoms with Crippen LogP contribution in [0.3, 0.4) is 0 Å². The van der Waals surface area contributed by atoms with Crippen molar-refractivity contribution in [2.45, 2.75) is 152 Å². The highest BCUT2D eigenvalue weighted by atomic mass is 16.8. The number of aliphatic hydroxyl groups excluding tert-OH is 1. The molecule has 0 amide bonds. The van der Waals surface area contributed by atoms with Crippen LogP contribution in [0.4, 0.5) is 0 Å². The number of ether oxygens (including phenoxy) is 16. The van der Waals surface area contributed by atoms with Gasteiger partial charge in [-0.1, -0.05) is 273 Å². The SMILES string of the molecule is CO[C@H]1O[C@H](COCc2ccccc2)[C@@H](O[C@@H]2O[C@H](COCc3ccccc3)[C@H](O[C@@H]3O[C@H](COCc4ccccc4)[C@H](OCc4ccccc4)[C@H](OCc4ccccc4)[C@H]3OCc3ccccc3)[C@H](OCc3ccccc3)[C@H]2OCCO)[C@H](OCc2ccccc2)[C@H]1OCc1ccccc1. The summed E-state index contributed by atoms with van der Waals surface area (Å²) in [7, 11) is 1.58. The quantitative estimate of drug-likeness (QED) is 0.0388. The first-order chi connectivity index (χ1) is 50.0. The smallest absolute Gasteiger partial charge is 0.187 e. The summed E-state index contributed by atoms with van der Waals surface area (Å²) in [5.41, 5.74) is 8.38. The zero-order valence-corrected chi connectivity index (χ0v) is 57.0. The van der Waals surface area contributed by atoms with E-state index in [2.05, 4.69) is 0 Å². The molecule has 0 bridgehead atoms. The first kappa shape index (κ1) is 73.1. The first-order valence-corrected chi connectivity index (χ1v) is 34.8. The van der Waals surface area contributed by atoms with Crippen LogP contribution in [-0.2, 0) is 135 Å². The molecule has 0 unspecified atom stereocenters. The molecule has 0 saturated carbocycles. The van der Waals surface area contributed by atoms with Crippen LogP contribution in [0, 0.1) is 0 Å². The van der Waals surface area contributed by atoms with Gasteiger partial charge in [-0.05, 0) is 50.1 Å². The van der Waals surface area contributed by atoms with Crippen molar-refractivity contribution in [3.8, 4) is 0 Å². The molecule has 101 heavy (non-hydrogen) atoms. The normalized spacial score (nSPS) is 25.2. The Kier molecular flexibility index (Phi) is 28.7. The third-order valence-electron chi connectivity index (χ3n) is 17.9. The Morgan fingerprint density at radius 2 is 0.465 bits per heavy atom. The summed E-state index contributed by atoms with van der Waals surface area (Å²) < 4.78 is 114. The summed E-state index contributed by atoms with van der Waals surface area (Å²) in [6.07, 6.45) is -15.1. The van der Waals surface area contributed by atoms with E-state index in [1.807, 2.05) is 273 Å². The molecule has 17 nitrogen and oxygen atoms in total. The Morgan fingerprint density at radius 1 is 0.248 bits per heavy atom. The number of methoxy groups -OCH3 is 1. The van der Waals surface area contributed by atoms with E-state index in [4.69, 9.17) is 75.8 Å². The van der Waals surface area contributed by atoms with Crippen LogP contribution in [-0.4, -0.2) is 137 Å². The average Bonchev–Trinajstić information content (AvgIpc) is 0.766. The van der Waals surface area contributed by atoms with E-state index in [9.17, 15) is 5.11 Å². The van der Waals surface area contributed by atoms with Gasteiger partial charge in [-0.2, -0.15) is 0 Å². The van der Waals surface area contributed by atoms with Crippen molar-refractivity contribution >= 4 is 0 Å². The van der Waals surface area contributed by atoms with Crippen LogP contribution in [0.15, 0.2) is 273 Å². The number of hydrogen-bond acceptors (Lipinski definition) is 17. The molecule has 9 aromatic rings. The topological polar surface area (TPSA) is 168 Å². The van der Waals surface area contributed by atoms with Gasteiger partial charge in [0.25, 0.3) is 0 Å². The maximum Gasteiger partial charge on any atom is 0.187 e. The minimum atomic E-state index is -1.33. The molecular formula is C84H92O17. The molecular weight excluding hydrogens is 1280 g/mol. The fourth-order valence-corrected chi connectivity index (χ4v) is 12.8. The maximum absolute atomic E-state index is 10.9. The second-order valence-corrected chi connectivity index (χ2v) is 25.2. The molecule has 3 heterocycles. The van der Waals surface area contributed by atoms with E-state index in [0.29, 0.717) is 0 Å². The summed E-state index contributed by atoms with van der Waals surface area (Å²) in [4.78, 5) is 0. The van der Waals surface area contributed by atoms with Gasteiger partial charge < -0.3 is 80.9 Å². The molecule has 15 atom stereocenters. The molecule has 17 heteroatoms. The minimum Gasteiger partial charge on any atom is -0.394 e. The molecule has 0 aromatic heterocycles. The van der Waals surface area contributed by atoms with Crippen molar-refractivity contribution in [2.24, 2.45) is 0 Å². The third-order valence-corrected chi connectivity index (χ3v) is 17.9. The third kappa shape index (κ3) is 21.7. The zero-order chi connectivity index (χ0) is 68.9. The predicted octanol–water partition coefficient (Wildman–Crippen LogP) is 13.1. The zero-order valence-electron chi connectivity index (χ0n) is 57.0. The lowest BCUT2D eigenvalue weighted by atomic mass is 9.95. The Hall–Kier alpha value is -7.70. The van der Waals surface area contributed by atoms with Crippen LogP contribution in [0.25, 0.3) is 0 Å². The molecule has 0 spiro atoms. The molecule has 3 fully saturated rings. The van der Waals surface area contributed by atoms with Crippen LogP contribution in [0.1, 0.15) is 50.1 Å². The lowest BCUT2D eigenvalue weighted by molar-refractivity contribution is -0.394. The highest BCUT2D eigenvalue weighted by molar-refractivity contribution is 5.21. The number of benzene rings is 9. The molecule has 3 aliphatic heterocycles. The van der Waals surface area contributed by atoms with E-state index in [1.54, 1.807) is 7.11 Å². The van der Waals surface area contributed by atoms with Gasteiger partial charge in [0.15, 0.2) is 18.9 Å². The maximum atomic E-state index is 10.9. The van der Waals surface area contributed by atoms with E-state index >= 15 is 0 Å². The van der Waals surface area contributed by atoms with Crippen molar-refractivity contribution in [3.63, 3.8) is 0 Å². The fraction of sp³-hybridized carbons (Fsp3) is 0.357. The van der Waals surface area contributed by atoms with Gasteiger partial charge in [0.05, 0.1) is 92.5 Å². The lowest BCUT2D eigenvalue weighted by Crippen LogP contribution is -2.68. The first-order valence-electron chi connectivity index (χ1n) is 34.8. The summed E-state index contributed by atoms with van der Waals surface area (Å²) in [6.45, 7) is 1.26. The van der Waals surface area contributed by atoms with Gasteiger partial charge in [0, 0.05) is 7.11 Å². The molecule has 1 N–H and O–H groups in total. The van der Waals surface area contributed by atoms with Crippen LogP contribution in [0.2, 0.25) is 0 Å². The Balaban J connectivity index is 0.962. The standard InChI is InChI=1S/C84H92O17/c1-86-82-79(95-56-68-43-25-9-26-44-68)77(93-54-66-39-21-7-22-40-66)74(71(97-82)59-88-50-62-31-13-3-14-32-62)100-83-80(90-48-47-85)78(94-55-67-41-23-8-24-42-67)75(72(99-83)60-89-51-63-33-15-4-16-34-63)101-84-81(96-57-69-45-27-10-28-46-69)76(92-53-65-37-19-6-20-38-65)73(91-52-64-35-17-5-18-36-64)70(98-84)58-87-49-61-29-11-2-12-30-61/h2-46,70-85H,47-60H2,1H3/t70-,71-,72-,73+,74-,75+,76+,77+,78+,79-,80-,81-,82+,83+,84+/m1/s1. The van der Waals surface area contributed by atoms with Crippen molar-refractivity contribution in [2.75, 3.05) is 40.1 Å². The lowest BCUT2D eigenvalue weighted by Gasteiger charge is -2.51. The van der Waals surface area contributed by atoms with Crippen molar-refractivity contribution < 1.29 is 80.9 Å². The predicted molar refractivity (Wildman–Crippen MR) is 378 cm³/mol. The average molecular weight is 1370 g/mol. The molecule has 0 radical (unpaired) electrons. The summed E-state index contributed by atoms with van der Waals surface area (Å²) in [6, 6.07) is 89.4. The molecule has 530 valence electrons. The van der Waals surface area contributed by atoms with Gasteiger partial charge in [-0.3, -0.25) is 0 Å². The fourth-order valence-electron chi connectivity index (χ4n) is 12.8. The highest BCUT2D eigenvalue weighted by Gasteiger charge is 2.57. The molecule has 3 saturated heterocycles. The monoisotopic (exact) mass is 1370 g/mol. The highest BCUT2D eigenvalue weighted by Crippen LogP contribution is 2.40. The molecule has 9 aromatic carbocycles. The van der Waals surface area contributed by atoms with Crippen LogP contribution >= 0.6 is 0 Å². The number of aliphatic hydroxyl groups is 1. The molecule has 12 rings (SSSR count). The van der Waals surface area contributed by atoms with Crippen LogP contribution < -0.4 is 0 Å². The van der Waals surface area contributed by atoms with Gasteiger partial charge >= 0.3 is 0 Å². The van der Waals surface area contributed by atoms with Gasteiger partial charge in [-0.25, -0.2) is 0 Å². The summed E-state index contributed by atoms with van der Waals surface area (Å²) in [5.74, 6) is 0. The van der Waals surface area contributed by atoms with Crippen molar-refractivity contribution in [3.05, 3.63) is 323 Å². The second-order valence-electron chi connectivity index (χ2n) is 25.2. The molecule has 0 aliphatic carbocycles. The Labute approximate surface area is 592 Å². The van der Waals surface area contributed by atoms with Gasteiger partial charge in [0.1, 0.15) is 73.2 Å². The number of hydrogen-bond donors (Lipinski definition) is 1. The largest absolute Gasteiger partial charge is 0.394 e. The Morgan fingerprint density at radius 3 is 0.743 bits per heavy atom. The van der Waals surface area contributed by atoms with E-state index in [0.717, 1.165) is 50.1 Å². The Bertz CT molecular complexity index is 3670. The van der Waals surface area contributed by atoms with Gasteiger partial charge in [0.2, 0.25) is 0 Å². The van der Waals surface area contributed by atoms with E-state index < -0.39 is 92.1 Å². The van der Waals surface area contributed by atoms with Crippen molar-refractivity contribution in [1.82, 2.24) is 0 Å². The molecule has 3 aliphatic rings. The van der Waals surface area contributed by atoms with Crippen molar-refractivity contribution in [1.29, 1.82) is 0 Å². The number of rotatable bonds is 38. The van der Waals surface area contributed by atoms with E-state index in [-0.39, 0.29) is 92.5 Å². The van der Waals surface area contributed by atoms with Gasteiger partial charge in [-0.15, -0.1) is 0 Å².